The number of nitrogens with one attached hydrogen (secondary N) is 1. The van der Waals surface area contributed by atoms with Crippen molar-refractivity contribution in [2.45, 2.75) is 11.9 Å². The van der Waals surface area contributed by atoms with E-state index < -0.39 is 0 Å². The highest BCUT2D eigenvalue weighted by molar-refractivity contribution is 7.98. The van der Waals surface area contributed by atoms with Crippen molar-refractivity contribution in [1.29, 1.82) is 0 Å². The molecule has 1 aromatic heterocycles. The molecule has 0 bridgehead atoms. The van der Waals surface area contributed by atoms with Crippen LogP contribution in [0.15, 0.2) is 71.9 Å². The SMILES string of the molecule is CSc1ncccc1C(=O)Nc1ccc(Oc2ccc(C)cc2)cc1. The number of amides is 1. The van der Waals surface area contributed by atoms with Gasteiger partial charge in [-0.25, -0.2) is 4.98 Å². The van der Waals surface area contributed by atoms with Crippen molar-refractivity contribution in [1.82, 2.24) is 4.98 Å². The lowest BCUT2D eigenvalue weighted by atomic mass is 10.2. The zero-order valence-electron chi connectivity index (χ0n) is 14.0. The number of aryl methyl sites for hydroxylation is 1. The maximum absolute atomic E-state index is 12.4. The second kappa shape index (κ2) is 7.85. The summed E-state index contributed by atoms with van der Waals surface area (Å²) < 4.78 is 5.79. The minimum Gasteiger partial charge on any atom is -0.457 e. The van der Waals surface area contributed by atoms with E-state index in [2.05, 4.69) is 10.3 Å². The molecule has 126 valence electrons. The van der Waals surface area contributed by atoms with Gasteiger partial charge in [0.05, 0.1) is 5.56 Å². The number of benzene rings is 2. The number of carbonyl (C=O) groups is 1. The van der Waals surface area contributed by atoms with Crippen LogP contribution in [0.25, 0.3) is 0 Å². The minimum atomic E-state index is -0.176. The summed E-state index contributed by atoms with van der Waals surface area (Å²) in [5, 5.41) is 3.59. The third-order valence-corrected chi connectivity index (χ3v) is 4.29. The lowest BCUT2D eigenvalue weighted by Gasteiger charge is -2.09. The summed E-state index contributed by atoms with van der Waals surface area (Å²) in [5.74, 6) is 1.32. The summed E-state index contributed by atoms with van der Waals surface area (Å²) in [5.41, 5.74) is 2.46. The molecule has 5 heteroatoms. The van der Waals surface area contributed by atoms with Gasteiger partial charge < -0.3 is 10.1 Å². The fraction of sp³-hybridized carbons (Fsp3) is 0.100. The third kappa shape index (κ3) is 4.39. The van der Waals surface area contributed by atoms with Gasteiger partial charge in [-0.3, -0.25) is 4.79 Å². The van der Waals surface area contributed by atoms with Crippen molar-refractivity contribution < 1.29 is 9.53 Å². The van der Waals surface area contributed by atoms with Gasteiger partial charge >= 0.3 is 0 Å². The average Bonchev–Trinajstić information content (AvgIpc) is 2.65. The largest absolute Gasteiger partial charge is 0.457 e. The molecule has 0 saturated carbocycles. The number of aromatic nitrogens is 1. The molecule has 0 aliphatic rings. The first-order valence-electron chi connectivity index (χ1n) is 7.80. The third-order valence-electron chi connectivity index (χ3n) is 3.58. The molecule has 1 heterocycles. The summed E-state index contributed by atoms with van der Waals surface area (Å²) in [6, 6.07) is 18.7. The van der Waals surface area contributed by atoms with Gasteiger partial charge in [0.1, 0.15) is 16.5 Å². The number of ether oxygens (including phenoxy) is 1. The molecule has 0 unspecified atom stereocenters. The van der Waals surface area contributed by atoms with E-state index in [1.165, 1.54) is 17.3 Å². The molecule has 25 heavy (non-hydrogen) atoms. The van der Waals surface area contributed by atoms with Crippen molar-refractivity contribution in [3.05, 3.63) is 78.0 Å². The molecule has 3 aromatic rings. The Morgan fingerprint density at radius 1 is 1.00 bits per heavy atom. The number of hydrogen-bond acceptors (Lipinski definition) is 4. The highest BCUT2D eigenvalue weighted by Crippen LogP contribution is 2.24. The number of pyridine rings is 1. The normalized spacial score (nSPS) is 10.3. The molecule has 0 spiro atoms. The number of rotatable bonds is 5. The van der Waals surface area contributed by atoms with Crippen molar-refractivity contribution in [3.63, 3.8) is 0 Å². The summed E-state index contributed by atoms with van der Waals surface area (Å²) in [4.78, 5) is 16.6. The molecule has 1 N–H and O–H groups in total. The standard InChI is InChI=1S/C20H18N2O2S/c1-14-5-9-16(10-6-14)24-17-11-7-15(8-12-17)22-19(23)18-4-3-13-21-20(18)25-2/h3-13H,1-2H3,(H,22,23). The summed E-state index contributed by atoms with van der Waals surface area (Å²) in [6.45, 7) is 2.03. The highest BCUT2D eigenvalue weighted by atomic mass is 32.2. The van der Waals surface area contributed by atoms with Gasteiger partial charge in [0.15, 0.2) is 0 Å². The lowest BCUT2D eigenvalue weighted by Crippen LogP contribution is -2.13. The molecule has 0 saturated heterocycles. The van der Waals surface area contributed by atoms with Gasteiger partial charge in [-0.2, -0.15) is 0 Å². The molecule has 1 amide bonds. The van der Waals surface area contributed by atoms with Crippen LogP contribution in [0.4, 0.5) is 5.69 Å². The monoisotopic (exact) mass is 350 g/mol. The first-order valence-corrected chi connectivity index (χ1v) is 9.03. The van der Waals surface area contributed by atoms with E-state index in [1.54, 1.807) is 18.3 Å². The minimum absolute atomic E-state index is 0.176. The lowest BCUT2D eigenvalue weighted by molar-refractivity contribution is 0.102. The number of hydrogen-bond donors (Lipinski definition) is 1. The predicted molar refractivity (Wildman–Crippen MR) is 102 cm³/mol. The Hall–Kier alpha value is -2.79. The van der Waals surface area contributed by atoms with Gasteiger partial charge in [-0.1, -0.05) is 17.7 Å². The topological polar surface area (TPSA) is 51.2 Å². The van der Waals surface area contributed by atoms with E-state index in [1.807, 2.05) is 61.7 Å². The van der Waals surface area contributed by atoms with Crippen LogP contribution < -0.4 is 10.1 Å². The van der Waals surface area contributed by atoms with Crippen LogP contribution in [0.1, 0.15) is 15.9 Å². The molecule has 0 fully saturated rings. The molecule has 2 aromatic carbocycles. The Morgan fingerprint density at radius 2 is 1.64 bits per heavy atom. The zero-order valence-corrected chi connectivity index (χ0v) is 14.8. The number of thioether (sulfide) groups is 1. The van der Waals surface area contributed by atoms with E-state index in [9.17, 15) is 4.79 Å². The molecule has 0 radical (unpaired) electrons. The van der Waals surface area contributed by atoms with Gasteiger partial charge in [-0.05, 0) is 61.7 Å². The van der Waals surface area contributed by atoms with E-state index >= 15 is 0 Å². The molecule has 0 aliphatic carbocycles. The van der Waals surface area contributed by atoms with Crippen LogP contribution >= 0.6 is 11.8 Å². The predicted octanol–water partition coefficient (Wildman–Crippen LogP) is 5.16. The summed E-state index contributed by atoms with van der Waals surface area (Å²) >= 11 is 1.45. The van der Waals surface area contributed by atoms with Crippen LogP contribution in [0.5, 0.6) is 11.5 Å². The maximum Gasteiger partial charge on any atom is 0.258 e. The van der Waals surface area contributed by atoms with E-state index in [4.69, 9.17) is 4.74 Å². The van der Waals surface area contributed by atoms with Crippen molar-refractivity contribution >= 4 is 23.4 Å². The number of anilines is 1. The van der Waals surface area contributed by atoms with Crippen LogP contribution in [-0.2, 0) is 0 Å². The van der Waals surface area contributed by atoms with E-state index in [-0.39, 0.29) is 5.91 Å². The first-order chi connectivity index (χ1) is 12.2. The van der Waals surface area contributed by atoms with Crippen molar-refractivity contribution in [2.24, 2.45) is 0 Å². The Bertz CT molecular complexity index is 862. The molecule has 4 nitrogen and oxygen atoms in total. The second-order valence-electron chi connectivity index (χ2n) is 5.45. The average molecular weight is 350 g/mol. The quantitative estimate of drug-likeness (QED) is 0.646. The Balaban J connectivity index is 1.68. The molecule has 0 atom stereocenters. The van der Waals surface area contributed by atoms with Gasteiger partial charge in [-0.15, -0.1) is 11.8 Å². The fourth-order valence-corrected chi connectivity index (χ4v) is 2.82. The van der Waals surface area contributed by atoms with Crippen LogP contribution in [0, 0.1) is 6.92 Å². The van der Waals surface area contributed by atoms with E-state index in [0.29, 0.717) is 22.0 Å². The van der Waals surface area contributed by atoms with E-state index in [0.717, 1.165) is 5.75 Å². The molecular weight excluding hydrogens is 332 g/mol. The Kier molecular flexibility index (Phi) is 5.36. The van der Waals surface area contributed by atoms with Crippen molar-refractivity contribution in [2.75, 3.05) is 11.6 Å². The Labute approximate surface area is 151 Å². The van der Waals surface area contributed by atoms with Crippen LogP contribution in [0.3, 0.4) is 0 Å². The van der Waals surface area contributed by atoms with Crippen molar-refractivity contribution in [3.8, 4) is 11.5 Å². The molecular formula is C20H18N2O2S. The zero-order chi connectivity index (χ0) is 17.6. The highest BCUT2D eigenvalue weighted by Gasteiger charge is 2.11. The van der Waals surface area contributed by atoms with Gasteiger partial charge in [0.25, 0.3) is 5.91 Å². The molecule has 3 rings (SSSR count). The van der Waals surface area contributed by atoms with Crippen LogP contribution in [0.2, 0.25) is 0 Å². The maximum atomic E-state index is 12.4. The first kappa shape index (κ1) is 17.0. The van der Waals surface area contributed by atoms with Crippen LogP contribution in [-0.4, -0.2) is 17.1 Å². The molecule has 0 aliphatic heterocycles. The summed E-state index contributed by atoms with van der Waals surface area (Å²) in [7, 11) is 0. The number of carbonyl (C=O) groups excluding carboxylic acids is 1. The second-order valence-corrected chi connectivity index (χ2v) is 6.25. The van der Waals surface area contributed by atoms with Gasteiger partial charge in [0.2, 0.25) is 0 Å². The number of nitrogens with zero attached hydrogens (tertiary/aromatic N) is 1. The Morgan fingerprint density at radius 3 is 2.28 bits per heavy atom. The fourth-order valence-electron chi connectivity index (χ4n) is 2.27. The summed E-state index contributed by atoms with van der Waals surface area (Å²) in [6.07, 6.45) is 3.58. The smallest absolute Gasteiger partial charge is 0.258 e. The van der Waals surface area contributed by atoms with Gasteiger partial charge in [0, 0.05) is 11.9 Å².